The quantitative estimate of drug-likeness (QED) is 0.733. The molecule has 0 aliphatic rings. The zero-order valence-electron chi connectivity index (χ0n) is 11.7. The summed E-state index contributed by atoms with van der Waals surface area (Å²) in [6, 6.07) is 11.0. The van der Waals surface area contributed by atoms with Crippen molar-refractivity contribution in [2.24, 2.45) is 5.92 Å². The van der Waals surface area contributed by atoms with Crippen molar-refractivity contribution >= 4 is 10.8 Å². The lowest BCUT2D eigenvalue weighted by atomic mass is 9.97. The minimum Gasteiger partial charge on any atom is -0.310 e. The highest BCUT2D eigenvalue weighted by molar-refractivity contribution is 7.84. The first-order valence-corrected chi connectivity index (χ1v) is 8.40. The second-order valence-electron chi connectivity index (χ2n) is 5.18. The molecule has 102 valence electrons. The number of rotatable bonds is 8. The summed E-state index contributed by atoms with van der Waals surface area (Å²) in [5, 5.41) is 3.59. The molecule has 2 nitrogen and oxygen atoms in total. The van der Waals surface area contributed by atoms with E-state index in [-0.39, 0.29) is 0 Å². The lowest BCUT2D eigenvalue weighted by Gasteiger charge is -2.21. The van der Waals surface area contributed by atoms with Crippen LogP contribution in [-0.2, 0) is 10.8 Å². The van der Waals surface area contributed by atoms with Gasteiger partial charge in [-0.2, -0.15) is 0 Å². The van der Waals surface area contributed by atoms with E-state index in [1.165, 1.54) is 5.56 Å². The molecule has 0 radical (unpaired) electrons. The Morgan fingerprint density at radius 1 is 1.22 bits per heavy atom. The normalized spacial score (nSPS) is 14.7. The summed E-state index contributed by atoms with van der Waals surface area (Å²) in [6.07, 6.45) is 3.88. The smallest absolute Gasteiger partial charge is 0.0322 e. The number of nitrogens with one attached hydrogen (secondary N) is 1. The molecule has 2 atom stereocenters. The minimum atomic E-state index is -0.676. The fourth-order valence-electron chi connectivity index (χ4n) is 2.05. The number of benzene rings is 1. The zero-order chi connectivity index (χ0) is 13.4. The van der Waals surface area contributed by atoms with Crippen molar-refractivity contribution in [3.63, 3.8) is 0 Å². The van der Waals surface area contributed by atoms with Crippen LogP contribution in [0, 0.1) is 5.92 Å². The second kappa shape index (κ2) is 8.44. The van der Waals surface area contributed by atoms with E-state index in [0.29, 0.717) is 12.0 Å². The predicted molar refractivity (Wildman–Crippen MR) is 80.2 cm³/mol. The van der Waals surface area contributed by atoms with Crippen LogP contribution in [0.5, 0.6) is 0 Å². The zero-order valence-corrected chi connectivity index (χ0v) is 12.5. The molecule has 18 heavy (non-hydrogen) atoms. The Labute approximate surface area is 114 Å². The van der Waals surface area contributed by atoms with Gasteiger partial charge >= 0.3 is 0 Å². The Balaban J connectivity index is 2.49. The van der Waals surface area contributed by atoms with Gasteiger partial charge in [0.15, 0.2) is 0 Å². The fraction of sp³-hybridized carbons (Fsp3) is 0.600. The molecule has 0 heterocycles. The van der Waals surface area contributed by atoms with Gasteiger partial charge < -0.3 is 5.32 Å². The van der Waals surface area contributed by atoms with Crippen LogP contribution in [0.4, 0.5) is 0 Å². The average molecular weight is 267 g/mol. The van der Waals surface area contributed by atoms with Crippen molar-refractivity contribution in [1.29, 1.82) is 0 Å². The molecule has 0 fully saturated rings. The van der Waals surface area contributed by atoms with Crippen LogP contribution >= 0.6 is 0 Å². The van der Waals surface area contributed by atoms with Gasteiger partial charge in [0.2, 0.25) is 0 Å². The summed E-state index contributed by atoms with van der Waals surface area (Å²) in [4.78, 5) is 0. The van der Waals surface area contributed by atoms with Crippen molar-refractivity contribution in [2.45, 2.75) is 32.7 Å². The average Bonchev–Trinajstić information content (AvgIpc) is 2.33. The van der Waals surface area contributed by atoms with Gasteiger partial charge in [-0.3, -0.25) is 4.21 Å². The van der Waals surface area contributed by atoms with Crippen molar-refractivity contribution < 1.29 is 4.21 Å². The lowest BCUT2D eigenvalue weighted by Crippen LogP contribution is -2.24. The summed E-state index contributed by atoms with van der Waals surface area (Å²) < 4.78 is 11.0. The van der Waals surface area contributed by atoms with E-state index < -0.39 is 10.8 Å². The molecule has 0 saturated heterocycles. The van der Waals surface area contributed by atoms with Crippen LogP contribution < -0.4 is 5.32 Å². The summed E-state index contributed by atoms with van der Waals surface area (Å²) in [6.45, 7) is 5.43. The first kappa shape index (κ1) is 15.4. The van der Waals surface area contributed by atoms with Gasteiger partial charge in [-0.05, 0) is 30.9 Å². The highest BCUT2D eigenvalue weighted by atomic mass is 32.2. The van der Waals surface area contributed by atoms with Crippen LogP contribution in [0.2, 0.25) is 0 Å². The summed E-state index contributed by atoms with van der Waals surface area (Å²) in [7, 11) is -0.676. The molecular weight excluding hydrogens is 242 g/mol. The maximum atomic E-state index is 11.0. The minimum absolute atomic E-state index is 0.413. The van der Waals surface area contributed by atoms with Gasteiger partial charge in [0, 0.05) is 28.9 Å². The molecule has 0 bridgehead atoms. The molecule has 0 aliphatic heterocycles. The lowest BCUT2D eigenvalue weighted by molar-refractivity contribution is 0.430. The first-order chi connectivity index (χ1) is 8.59. The third-order valence-electron chi connectivity index (χ3n) is 2.91. The molecule has 0 amide bonds. The number of hydrogen-bond acceptors (Lipinski definition) is 2. The van der Waals surface area contributed by atoms with E-state index in [9.17, 15) is 4.21 Å². The fourth-order valence-corrected chi connectivity index (χ4v) is 2.60. The Morgan fingerprint density at radius 2 is 1.89 bits per heavy atom. The Bertz CT molecular complexity index is 351. The molecule has 1 N–H and O–H groups in total. The van der Waals surface area contributed by atoms with Crippen molar-refractivity contribution in [1.82, 2.24) is 5.32 Å². The highest BCUT2D eigenvalue weighted by Crippen LogP contribution is 2.20. The Kier molecular flexibility index (Phi) is 7.21. The third-order valence-corrected chi connectivity index (χ3v) is 3.77. The van der Waals surface area contributed by atoms with E-state index in [1.807, 2.05) is 0 Å². The molecule has 0 aliphatic carbocycles. The van der Waals surface area contributed by atoms with Gasteiger partial charge in [-0.1, -0.05) is 44.2 Å². The number of hydrogen-bond donors (Lipinski definition) is 1. The predicted octanol–water partition coefficient (Wildman–Crippen LogP) is 3.13. The molecule has 0 saturated carbocycles. The summed E-state index contributed by atoms with van der Waals surface area (Å²) >= 11 is 0. The van der Waals surface area contributed by atoms with Crippen molar-refractivity contribution in [3.8, 4) is 0 Å². The van der Waals surface area contributed by atoms with E-state index in [1.54, 1.807) is 6.26 Å². The van der Waals surface area contributed by atoms with Crippen LogP contribution in [0.1, 0.15) is 38.3 Å². The molecule has 2 unspecified atom stereocenters. The van der Waals surface area contributed by atoms with Gasteiger partial charge in [-0.15, -0.1) is 0 Å². The molecule has 0 aromatic heterocycles. The maximum absolute atomic E-state index is 11.0. The van der Waals surface area contributed by atoms with Gasteiger partial charge in [0.25, 0.3) is 0 Å². The van der Waals surface area contributed by atoms with E-state index in [0.717, 1.165) is 25.1 Å². The Morgan fingerprint density at radius 3 is 2.44 bits per heavy atom. The largest absolute Gasteiger partial charge is 0.310 e. The van der Waals surface area contributed by atoms with E-state index in [2.05, 4.69) is 49.5 Å². The topological polar surface area (TPSA) is 29.1 Å². The van der Waals surface area contributed by atoms with E-state index in [4.69, 9.17) is 0 Å². The summed E-state index contributed by atoms with van der Waals surface area (Å²) in [5.41, 5.74) is 1.35. The van der Waals surface area contributed by atoms with Gasteiger partial charge in [0.05, 0.1) is 0 Å². The molecule has 3 heteroatoms. The Hall–Kier alpha value is -0.670. The van der Waals surface area contributed by atoms with Gasteiger partial charge in [-0.25, -0.2) is 0 Å². The first-order valence-electron chi connectivity index (χ1n) is 6.68. The van der Waals surface area contributed by atoms with Crippen LogP contribution in [0.25, 0.3) is 0 Å². The van der Waals surface area contributed by atoms with E-state index >= 15 is 0 Å². The van der Waals surface area contributed by atoms with Crippen molar-refractivity contribution in [2.75, 3.05) is 18.6 Å². The monoisotopic (exact) mass is 267 g/mol. The summed E-state index contributed by atoms with van der Waals surface area (Å²) in [5.74, 6) is 1.46. The highest BCUT2D eigenvalue weighted by Gasteiger charge is 2.12. The molecule has 1 aromatic rings. The van der Waals surface area contributed by atoms with Gasteiger partial charge in [0.1, 0.15) is 0 Å². The standard InChI is InChI=1S/C15H25NOS/c1-13(2)12-15(14-8-5-4-6-9-14)16-10-7-11-18(3)17/h4-6,8-9,13,15-16H,7,10-12H2,1-3H3. The van der Waals surface area contributed by atoms with Crippen LogP contribution in [0.3, 0.4) is 0 Å². The second-order valence-corrected chi connectivity index (χ2v) is 6.73. The molecule has 1 aromatic carbocycles. The molecule has 1 rings (SSSR count). The SMILES string of the molecule is CC(C)CC(NCCCS(C)=O)c1ccccc1. The maximum Gasteiger partial charge on any atom is 0.0322 e. The van der Waals surface area contributed by atoms with Crippen LogP contribution in [-0.4, -0.2) is 22.8 Å². The van der Waals surface area contributed by atoms with Crippen LogP contribution in [0.15, 0.2) is 30.3 Å². The van der Waals surface area contributed by atoms with Crippen molar-refractivity contribution in [3.05, 3.63) is 35.9 Å². The molecule has 0 spiro atoms. The molecular formula is C15H25NOS. The third kappa shape index (κ3) is 6.31.